The first kappa shape index (κ1) is 24.5. The molecule has 0 aliphatic rings. The maximum Gasteiger partial charge on any atom is 0.416 e. The average Bonchev–Trinajstić information content (AvgIpc) is 3.25. The van der Waals surface area contributed by atoms with Gasteiger partial charge in [-0.1, -0.05) is 48.5 Å². The molecule has 0 saturated heterocycles. The van der Waals surface area contributed by atoms with Crippen LogP contribution in [0.3, 0.4) is 0 Å². The molecule has 1 amide bonds. The summed E-state index contributed by atoms with van der Waals surface area (Å²) in [7, 11) is 1.45. The molecule has 8 heteroatoms. The largest absolute Gasteiger partial charge is 0.416 e. The normalized spacial score (nSPS) is 12.6. The highest BCUT2D eigenvalue weighted by atomic mass is 19.4. The molecule has 4 aromatic rings. The molecule has 3 aromatic carbocycles. The van der Waals surface area contributed by atoms with Crippen LogP contribution in [0.4, 0.5) is 13.2 Å². The first-order valence-electron chi connectivity index (χ1n) is 11.1. The second-order valence-corrected chi connectivity index (χ2v) is 8.25. The number of fused-ring (bicyclic) bond motifs is 1. The zero-order valence-electron chi connectivity index (χ0n) is 19.3. The number of carbonyl (C=O) groups excluding carboxylic acids is 1. The van der Waals surface area contributed by atoms with E-state index in [2.05, 4.69) is 10.2 Å². The van der Waals surface area contributed by atoms with E-state index in [1.165, 1.54) is 13.2 Å². The van der Waals surface area contributed by atoms with Gasteiger partial charge in [0.25, 0.3) is 5.91 Å². The van der Waals surface area contributed by atoms with Gasteiger partial charge >= 0.3 is 6.18 Å². The molecule has 5 nitrogen and oxygen atoms in total. The van der Waals surface area contributed by atoms with Gasteiger partial charge in [-0.3, -0.25) is 4.79 Å². The topological polar surface area (TPSA) is 52.5 Å². The summed E-state index contributed by atoms with van der Waals surface area (Å²) in [6.07, 6.45) is -2.63. The summed E-state index contributed by atoms with van der Waals surface area (Å²) < 4.78 is 41.2. The van der Waals surface area contributed by atoms with Crippen molar-refractivity contribution in [2.45, 2.75) is 32.3 Å². The third-order valence-electron chi connectivity index (χ3n) is 5.81. The summed E-state index contributed by atoms with van der Waals surface area (Å²) in [5.74, 6) is -0.265. The molecule has 0 bridgehead atoms. The van der Waals surface area contributed by atoms with Crippen LogP contribution in [-0.2, 0) is 29.1 Å². The van der Waals surface area contributed by atoms with E-state index in [0.717, 1.165) is 28.6 Å². The van der Waals surface area contributed by atoms with E-state index in [-0.39, 0.29) is 18.5 Å². The number of amides is 1. The van der Waals surface area contributed by atoms with Gasteiger partial charge in [0.2, 0.25) is 0 Å². The smallest absolute Gasteiger partial charge is 0.345 e. The summed E-state index contributed by atoms with van der Waals surface area (Å²) in [5, 5.41) is 3.85. The second-order valence-electron chi connectivity index (χ2n) is 8.25. The molecule has 182 valence electrons. The molecule has 1 unspecified atom stereocenters. The zero-order chi connectivity index (χ0) is 25.0. The van der Waals surface area contributed by atoms with Crippen LogP contribution in [0.15, 0.2) is 79.0 Å². The fourth-order valence-electron chi connectivity index (χ4n) is 4.01. The van der Waals surface area contributed by atoms with Crippen molar-refractivity contribution in [3.05, 3.63) is 107 Å². The van der Waals surface area contributed by atoms with E-state index < -0.39 is 11.7 Å². The molecule has 0 fully saturated rings. The van der Waals surface area contributed by atoms with Crippen molar-refractivity contribution < 1.29 is 27.7 Å². The standard InChI is InChI=1S/C27H25F3N2O3/c1-18(21-11-9-19(10-12-21)17-35-34-2)31-26(33)24-8-4-6-22-13-14-32(25(22)24)16-20-5-3-7-23(15-20)27(28,29)30/h3-15,18H,16-17H2,1-2H3,(H,31,33). The number of halogens is 3. The van der Waals surface area contributed by atoms with Crippen molar-refractivity contribution in [1.82, 2.24) is 9.88 Å². The Morgan fingerprint density at radius 2 is 1.74 bits per heavy atom. The Morgan fingerprint density at radius 1 is 1.00 bits per heavy atom. The quantitative estimate of drug-likeness (QED) is 0.238. The van der Waals surface area contributed by atoms with Crippen molar-refractivity contribution in [1.29, 1.82) is 0 Å². The molecule has 0 radical (unpaired) electrons. The van der Waals surface area contributed by atoms with Crippen LogP contribution < -0.4 is 5.32 Å². The molecule has 0 aliphatic heterocycles. The first-order valence-corrected chi connectivity index (χ1v) is 11.1. The maximum absolute atomic E-state index is 13.2. The molecule has 1 heterocycles. The highest BCUT2D eigenvalue weighted by Crippen LogP contribution is 2.30. The second kappa shape index (κ2) is 10.3. The minimum atomic E-state index is -4.41. The Kier molecular flexibility index (Phi) is 7.23. The molecule has 1 N–H and O–H groups in total. The molecule has 0 saturated carbocycles. The van der Waals surface area contributed by atoms with Crippen LogP contribution in [0.2, 0.25) is 0 Å². The fourth-order valence-corrected chi connectivity index (χ4v) is 4.01. The molecule has 35 heavy (non-hydrogen) atoms. The lowest BCUT2D eigenvalue weighted by Gasteiger charge is -2.16. The minimum Gasteiger partial charge on any atom is -0.345 e. The number of nitrogens with zero attached hydrogens (tertiary/aromatic N) is 1. The maximum atomic E-state index is 13.2. The zero-order valence-corrected chi connectivity index (χ0v) is 19.3. The molecule has 1 aromatic heterocycles. The molecule has 0 spiro atoms. The first-order chi connectivity index (χ1) is 16.8. The predicted octanol–water partition coefficient (Wildman–Crippen LogP) is 6.28. The van der Waals surface area contributed by atoms with Gasteiger partial charge in [0.15, 0.2) is 0 Å². The number of alkyl halides is 3. The highest BCUT2D eigenvalue weighted by molar-refractivity contribution is 6.06. The molecule has 1 atom stereocenters. The number of para-hydroxylation sites is 1. The summed E-state index contributed by atoms with van der Waals surface area (Å²) in [5.41, 5.74) is 2.78. The third-order valence-corrected chi connectivity index (χ3v) is 5.81. The van der Waals surface area contributed by atoms with Crippen molar-refractivity contribution in [3.63, 3.8) is 0 Å². The number of hydrogen-bond acceptors (Lipinski definition) is 3. The number of nitrogens with one attached hydrogen (secondary N) is 1. The Bertz CT molecular complexity index is 1310. The summed E-state index contributed by atoms with van der Waals surface area (Å²) in [4.78, 5) is 22.8. The number of aromatic nitrogens is 1. The third kappa shape index (κ3) is 5.72. The molecule has 0 aliphatic carbocycles. The van der Waals surface area contributed by atoms with E-state index in [4.69, 9.17) is 4.89 Å². The van der Waals surface area contributed by atoms with Crippen molar-refractivity contribution in [2.75, 3.05) is 7.11 Å². The van der Waals surface area contributed by atoms with E-state index in [9.17, 15) is 18.0 Å². The lowest BCUT2D eigenvalue weighted by molar-refractivity contribution is -0.282. The Morgan fingerprint density at radius 3 is 2.46 bits per heavy atom. The molecular weight excluding hydrogens is 457 g/mol. The molecular formula is C27H25F3N2O3. The fraction of sp³-hybridized carbons (Fsp3) is 0.222. The van der Waals surface area contributed by atoms with E-state index in [1.54, 1.807) is 29.0 Å². The number of hydrogen-bond donors (Lipinski definition) is 1. The Balaban J connectivity index is 1.56. The van der Waals surface area contributed by atoms with Crippen LogP contribution in [0, 0.1) is 0 Å². The van der Waals surface area contributed by atoms with Gasteiger partial charge in [-0.2, -0.15) is 13.2 Å². The van der Waals surface area contributed by atoms with Crippen LogP contribution in [0.25, 0.3) is 10.9 Å². The SMILES string of the molecule is COOCc1ccc(C(C)NC(=O)c2cccc3ccn(Cc4cccc(C(F)(F)F)c4)c23)cc1. The van der Waals surface area contributed by atoms with Crippen LogP contribution in [0.1, 0.15) is 45.6 Å². The lowest BCUT2D eigenvalue weighted by atomic mass is 10.0. The van der Waals surface area contributed by atoms with Crippen LogP contribution in [0.5, 0.6) is 0 Å². The van der Waals surface area contributed by atoms with Crippen molar-refractivity contribution >= 4 is 16.8 Å². The van der Waals surface area contributed by atoms with Gasteiger partial charge < -0.3 is 9.88 Å². The van der Waals surface area contributed by atoms with Gasteiger partial charge in [0, 0.05) is 18.1 Å². The summed E-state index contributed by atoms with van der Waals surface area (Å²) >= 11 is 0. The Hall–Kier alpha value is -3.62. The number of carbonyl (C=O) groups is 1. The average molecular weight is 483 g/mol. The van der Waals surface area contributed by atoms with Gasteiger partial charge in [0.05, 0.1) is 29.8 Å². The minimum absolute atomic E-state index is 0.207. The summed E-state index contributed by atoms with van der Waals surface area (Å²) in [6, 6.07) is 19.8. The van der Waals surface area contributed by atoms with Crippen LogP contribution in [-0.4, -0.2) is 17.6 Å². The van der Waals surface area contributed by atoms with Crippen molar-refractivity contribution in [3.8, 4) is 0 Å². The van der Waals surface area contributed by atoms with E-state index in [0.29, 0.717) is 23.3 Å². The lowest BCUT2D eigenvalue weighted by Crippen LogP contribution is -2.27. The highest BCUT2D eigenvalue weighted by Gasteiger charge is 2.30. The van der Waals surface area contributed by atoms with Crippen molar-refractivity contribution in [2.24, 2.45) is 0 Å². The van der Waals surface area contributed by atoms with Crippen LogP contribution >= 0.6 is 0 Å². The van der Waals surface area contributed by atoms with Gasteiger partial charge in [-0.15, -0.1) is 0 Å². The summed E-state index contributed by atoms with van der Waals surface area (Å²) in [6.45, 7) is 2.42. The van der Waals surface area contributed by atoms with Gasteiger partial charge in [-0.05, 0) is 47.9 Å². The predicted molar refractivity (Wildman–Crippen MR) is 127 cm³/mol. The Labute approximate surface area is 201 Å². The van der Waals surface area contributed by atoms with Gasteiger partial charge in [0.1, 0.15) is 6.61 Å². The number of benzene rings is 3. The van der Waals surface area contributed by atoms with E-state index in [1.807, 2.05) is 43.3 Å². The number of rotatable bonds is 8. The van der Waals surface area contributed by atoms with E-state index >= 15 is 0 Å². The van der Waals surface area contributed by atoms with Gasteiger partial charge in [-0.25, -0.2) is 9.78 Å². The molecule has 4 rings (SSSR count). The monoisotopic (exact) mass is 482 g/mol.